The molecule has 3 rings (SSSR count). The number of ether oxygens (including phenoxy) is 1. The van der Waals surface area contributed by atoms with Gasteiger partial charge in [0, 0.05) is 19.7 Å². The number of aromatic amines is 1. The Kier molecular flexibility index (Phi) is 2.91. The summed E-state index contributed by atoms with van der Waals surface area (Å²) in [6.07, 6.45) is 1.04. The van der Waals surface area contributed by atoms with Crippen LogP contribution in [-0.2, 0) is 4.74 Å². The van der Waals surface area contributed by atoms with Gasteiger partial charge in [-0.25, -0.2) is 4.79 Å². The molecule has 2 heterocycles. The van der Waals surface area contributed by atoms with Crippen LogP contribution in [0.15, 0.2) is 18.3 Å². The quantitative estimate of drug-likeness (QED) is 0.483. The van der Waals surface area contributed by atoms with E-state index in [0.29, 0.717) is 5.69 Å². The second-order valence-electron chi connectivity index (χ2n) is 5.02. The molecular formula is C12H16N4O4. The minimum absolute atomic E-state index is 0.211. The van der Waals surface area contributed by atoms with Crippen molar-refractivity contribution < 1.29 is 19.4 Å². The number of H-pyrrole nitrogens is 1. The van der Waals surface area contributed by atoms with Gasteiger partial charge in [0.25, 0.3) is 5.91 Å². The molecule has 1 aliphatic carbocycles. The van der Waals surface area contributed by atoms with E-state index in [1.54, 1.807) is 18.3 Å². The minimum Gasteiger partial charge on any atom is -0.391 e. The van der Waals surface area contributed by atoms with Crippen molar-refractivity contribution in [1.29, 1.82) is 0 Å². The average molecular weight is 280 g/mol. The first-order valence-corrected chi connectivity index (χ1v) is 6.32. The molecule has 0 aromatic carbocycles. The van der Waals surface area contributed by atoms with Crippen LogP contribution in [0.1, 0.15) is 16.9 Å². The molecule has 0 radical (unpaired) electrons. The number of carbonyl (C=O) groups excluding carboxylic acids is 2. The van der Waals surface area contributed by atoms with E-state index in [9.17, 15) is 14.7 Å². The summed E-state index contributed by atoms with van der Waals surface area (Å²) >= 11 is 0. The first kappa shape index (κ1) is 12.9. The first-order chi connectivity index (χ1) is 9.55. The molecule has 4 atom stereocenters. The van der Waals surface area contributed by atoms with Crippen LogP contribution in [0.4, 0.5) is 4.79 Å². The van der Waals surface area contributed by atoms with E-state index in [1.807, 2.05) is 0 Å². The van der Waals surface area contributed by atoms with Gasteiger partial charge in [0.15, 0.2) is 5.72 Å². The Morgan fingerprint density at radius 2 is 2.40 bits per heavy atom. The molecule has 2 aliphatic rings. The predicted molar refractivity (Wildman–Crippen MR) is 67.9 cm³/mol. The van der Waals surface area contributed by atoms with Gasteiger partial charge < -0.3 is 30.8 Å². The molecule has 3 amide bonds. The molecule has 0 spiro atoms. The van der Waals surface area contributed by atoms with Crippen LogP contribution in [0.3, 0.4) is 0 Å². The molecule has 0 bridgehead atoms. The maximum Gasteiger partial charge on any atom is 0.317 e. The Balaban J connectivity index is 1.79. The van der Waals surface area contributed by atoms with Gasteiger partial charge in [0.1, 0.15) is 11.7 Å². The molecule has 8 heteroatoms. The number of urea groups is 1. The van der Waals surface area contributed by atoms with E-state index in [2.05, 4.69) is 20.9 Å². The highest BCUT2D eigenvalue weighted by atomic mass is 16.5. The number of fused-ring (bicyclic) bond motifs is 1. The van der Waals surface area contributed by atoms with Crippen LogP contribution in [0.25, 0.3) is 0 Å². The fourth-order valence-corrected chi connectivity index (χ4v) is 2.92. The Morgan fingerprint density at radius 1 is 1.60 bits per heavy atom. The third kappa shape index (κ3) is 1.84. The van der Waals surface area contributed by atoms with E-state index in [4.69, 9.17) is 4.74 Å². The summed E-state index contributed by atoms with van der Waals surface area (Å²) in [5, 5.41) is 18.2. The lowest BCUT2D eigenvalue weighted by Crippen LogP contribution is -2.55. The third-order valence-corrected chi connectivity index (χ3v) is 3.90. The number of carbonyl (C=O) groups is 2. The van der Waals surface area contributed by atoms with Gasteiger partial charge in [-0.05, 0) is 12.1 Å². The molecule has 5 N–H and O–H groups in total. The van der Waals surface area contributed by atoms with E-state index >= 15 is 0 Å². The lowest BCUT2D eigenvalue weighted by Gasteiger charge is -2.27. The minimum atomic E-state index is -0.982. The van der Waals surface area contributed by atoms with Crippen molar-refractivity contribution in [3.63, 3.8) is 0 Å². The van der Waals surface area contributed by atoms with E-state index < -0.39 is 23.9 Å². The first-order valence-electron chi connectivity index (χ1n) is 6.32. The number of aliphatic hydroxyl groups excluding tert-OH is 1. The van der Waals surface area contributed by atoms with Crippen LogP contribution in [0, 0.1) is 0 Å². The second-order valence-corrected chi connectivity index (χ2v) is 5.02. The fraction of sp³-hybridized carbons (Fsp3) is 0.500. The fourth-order valence-electron chi connectivity index (χ4n) is 2.92. The van der Waals surface area contributed by atoms with Crippen molar-refractivity contribution in [2.45, 2.75) is 30.3 Å². The third-order valence-electron chi connectivity index (χ3n) is 3.90. The van der Waals surface area contributed by atoms with Crippen molar-refractivity contribution >= 4 is 11.9 Å². The lowest BCUT2D eigenvalue weighted by atomic mass is 10.1. The summed E-state index contributed by atoms with van der Waals surface area (Å²) in [7, 11) is 1.46. The molecule has 1 saturated carbocycles. The Bertz CT molecular complexity index is 532. The monoisotopic (exact) mass is 280 g/mol. The summed E-state index contributed by atoms with van der Waals surface area (Å²) in [5.41, 5.74) is -0.589. The topological polar surface area (TPSA) is 115 Å². The highest BCUT2D eigenvalue weighted by Gasteiger charge is 2.59. The summed E-state index contributed by atoms with van der Waals surface area (Å²) in [5.74, 6) is -0.341. The van der Waals surface area contributed by atoms with Crippen LogP contribution < -0.4 is 16.0 Å². The predicted octanol–water partition coefficient (Wildman–Crippen LogP) is -1.10. The van der Waals surface area contributed by atoms with Gasteiger partial charge in [-0.15, -0.1) is 0 Å². The van der Waals surface area contributed by atoms with Crippen LogP contribution in [-0.4, -0.2) is 53.1 Å². The zero-order valence-electron chi connectivity index (χ0n) is 10.8. The molecule has 0 unspecified atom stereocenters. The highest BCUT2D eigenvalue weighted by Crippen LogP contribution is 2.34. The van der Waals surface area contributed by atoms with Crippen LogP contribution in [0.5, 0.6) is 0 Å². The van der Waals surface area contributed by atoms with Crippen molar-refractivity contribution in [1.82, 2.24) is 20.9 Å². The normalized spacial score (nSPS) is 35.3. The van der Waals surface area contributed by atoms with Crippen molar-refractivity contribution in [3.8, 4) is 0 Å². The number of nitrogens with one attached hydrogen (secondary N) is 4. The zero-order chi connectivity index (χ0) is 14.3. The van der Waals surface area contributed by atoms with Crippen LogP contribution in [0.2, 0.25) is 0 Å². The van der Waals surface area contributed by atoms with E-state index in [1.165, 1.54) is 7.11 Å². The number of methoxy groups -OCH3 is 1. The molecule has 8 nitrogen and oxygen atoms in total. The van der Waals surface area contributed by atoms with Gasteiger partial charge >= 0.3 is 6.03 Å². The largest absolute Gasteiger partial charge is 0.391 e. The summed E-state index contributed by atoms with van der Waals surface area (Å²) in [4.78, 5) is 26.3. The maximum atomic E-state index is 12.0. The summed E-state index contributed by atoms with van der Waals surface area (Å²) < 4.78 is 5.35. The summed E-state index contributed by atoms with van der Waals surface area (Å²) in [6, 6.07) is 1.82. The van der Waals surface area contributed by atoms with Gasteiger partial charge in [0.2, 0.25) is 0 Å². The summed E-state index contributed by atoms with van der Waals surface area (Å²) in [6.45, 7) is 0. The highest BCUT2D eigenvalue weighted by molar-refractivity contribution is 5.92. The van der Waals surface area contributed by atoms with Gasteiger partial charge in [0.05, 0.1) is 12.1 Å². The van der Waals surface area contributed by atoms with Crippen LogP contribution >= 0.6 is 0 Å². The van der Waals surface area contributed by atoms with Gasteiger partial charge in [-0.3, -0.25) is 4.79 Å². The standard InChI is InChI=1S/C12H16N4O4/c1-20-12-5-7(17)8(9(12)15-11(19)16-12)14-10(18)6-3-2-4-13-6/h2-4,7-9,13,17H,5H2,1H3,(H,14,18)(H2,15,16,19)/t7-,8-,9+,12+/m0/s1. The molecule has 20 heavy (non-hydrogen) atoms. The maximum absolute atomic E-state index is 12.0. The number of amides is 3. The molecule has 1 aromatic heterocycles. The Labute approximate surface area is 114 Å². The second kappa shape index (κ2) is 4.50. The SMILES string of the molecule is CO[C@]12C[C@H](O)[C@H](NC(=O)c3ccc[nH]3)[C@H]1NC(=O)N2. The molecule has 2 fully saturated rings. The zero-order valence-corrected chi connectivity index (χ0v) is 10.8. The molecule has 1 aromatic rings. The number of rotatable bonds is 3. The number of aromatic nitrogens is 1. The number of hydrogen-bond acceptors (Lipinski definition) is 4. The Hall–Kier alpha value is -2.06. The average Bonchev–Trinajstić information content (AvgIpc) is 3.08. The smallest absolute Gasteiger partial charge is 0.317 e. The van der Waals surface area contributed by atoms with Crippen molar-refractivity contribution in [2.75, 3.05) is 7.11 Å². The Morgan fingerprint density at radius 3 is 3.05 bits per heavy atom. The molecule has 1 saturated heterocycles. The number of hydrogen-bond donors (Lipinski definition) is 5. The van der Waals surface area contributed by atoms with Gasteiger partial charge in [-0.2, -0.15) is 0 Å². The molecule has 108 valence electrons. The lowest BCUT2D eigenvalue weighted by molar-refractivity contribution is -0.0302. The molecule has 1 aliphatic heterocycles. The number of aliphatic hydroxyl groups is 1. The van der Waals surface area contributed by atoms with Crippen molar-refractivity contribution in [2.24, 2.45) is 0 Å². The van der Waals surface area contributed by atoms with E-state index in [0.717, 1.165) is 0 Å². The molecular weight excluding hydrogens is 264 g/mol. The van der Waals surface area contributed by atoms with Crippen molar-refractivity contribution in [3.05, 3.63) is 24.0 Å². The van der Waals surface area contributed by atoms with E-state index in [-0.39, 0.29) is 18.4 Å². The van der Waals surface area contributed by atoms with Gasteiger partial charge in [-0.1, -0.05) is 0 Å².